The Morgan fingerprint density at radius 1 is 1.04 bits per heavy atom. The second kappa shape index (κ2) is 9.72. The number of esters is 1. The van der Waals surface area contributed by atoms with Crippen LogP contribution in [0.4, 0.5) is 30.7 Å². The lowest BCUT2D eigenvalue weighted by atomic mass is 10.0. The van der Waals surface area contributed by atoms with Crippen molar-refractivity contribution in [1.29, 1.82) is 0 Å². The van der Waals surface area contributed by atoms with Gasteiger partial charge < -0.3 is 4.74 Å². The summed E-state index contributed by atoms with van der Waals surface area (Å²) in [5.74, 6) is -11.5. The van der Waals surface area contributed by atoms with Gasteiger partial charge in [-0.1, -0.05) is 19.8 Å². The molecule has 1 unspecified atom stereocenters. The third kappa shape index (κ3) is 6.68. The molecule has 0 saturated carbocycles. The average molecular weight is 386 g/mol. The number of ether oxygens (including phenoxy) is 1. The molecule has 0 aromatic rings. The van der Waals surface area contributed by atoms with Crippen LogP contribution in [0, 0.1) is 0 Å². The number of alkyl halides is 7. The molecule has 0 aliphatic carbocycles. The molecule has 0 amide bonds. The van der Waals surface area contributed by atoms with Crippen molar-refractivity contribution in [3.05, 3.63) is 0 Å². The van der Waals surface area contributed by atoms with E-state index in [0.717, 1.165) is 24.6 Å². The molecule has 0 aliphatic rings. The molecule has 0 rings (SSSR count). The zero-order valence-corrected chi connectivity index (χ0v) is 14.2. The molecule has 0 heterocycles. The molecule has 0 bridgehead atoms. The number of hydrogen-bond acceptors (Lipinski definition) is 3. The fourth-order valence-corrected chi connectivity index (χ4v) is 3.05. The van der Waals surface area contributed by atoms with Gasteiger partial charge in [-0.3, -0.25) is 4.79 Å². The number of rotatable bonds is 11. The molecular weight excluding hydrogens is 365 g/mol. The molecule has 1 atom stereocenters. The molecule has 0 radical (unpaired) electrons. The van der Waals surface area contributed by atoms with E-state index in [1.54, 1.807) is 0 Å². The van der Waals surface area contributed by atoms with Gasteiger partial charge >= 0.3 is 24.0 Å². The Labute approximate surface area is 140 Å². The number of hydrogen-bond donors (Lipinski definition) is 0. The molecule has 144 valence electrons. The second-order valence-electron chi connectivity index (χ2n) is 5.26. The van der Waals surface area contributed by atoms with Crippen LogP contribution in [-0.2, 0) is 9.53 Å². The summed E-state index contributed by atoms with van der Waals surface area (Å²) in [6.07, 6.45) is -6.26. The number of unbranched alkanes of at least 4 members (excludes halogenated alkanes) is 2. The summed E-state index contributed by atoms with van der Waals surface area (Å²) in [4.78, 5) is 11.5. The first kappa shape index (κ1) is 23.3. The van der Waals surface area contributed by atoms with Crippen LogP contribution in [0.1, 0.15) is 45.4 Å². The lowest BCUT2D eigenvalue weighted by molar-refractivity contribution is -0.355. The van der Waals surface area contributed by atoms with E-state index in [0.29, 0.717) is 6.42 Å². The minimum atomic E-state index is -6.29. The van der Waals surface area contributed by atoms with Crippen molar-refractivity contribution < 1.29 is 40.3 Å². The first-order chi connectivity index (χ1) is 10.9. The first-order valence-electron chi connectivity index (χ1n) is 7.42. The highest BCUT2D eigenvalue weighted by molar-refractivity contribution is 8.00. The quantitative estimate of drug-likeness (QED) is 0.268. The lowest BCUT2D eigenvalue weighted by Crippen LogP contribution is -2.51. The number of carbonyl (C=O) groups excluding carboxylic acids is 1. The fourth-order valence-electron chi connectivity index (χ4n) is 1.83. The van der Waals surface area contributed by atoms with E-state index in [-0.39, 0.29) is 12.2 Å². The third-order valence-corrected chi connectivity index (χ3v) is 4.66. The SMILES string of the molecule is CCCCC(SCCCCC(F)(F)C(F)(F)C(F)(F)F)C(=O)OC. The average Bonchev–Trinajstić information content (AvgIpc) is 2.47. The van der Waals surface area contributed by atoms with Crippen molar-refractivity contribution in [2.24, 2.45) is 0 Å². The molecule has 0 saturated heterocycles. The molecule has 0 spiro atoms. The third-order valence-electron chi connectivity index (χ3n) is 3.30. The summed E-state index contributed by atoms with van der Waals surface area (Å²) in [6.45, 7) is 1.92. The Hall–Kier alpha value is -0.670. The minimum Gasteiger partial charge on any atom is -0.468 e. The zero-order valence-electron chi connectivity index (χ0n) is 13.4. The fraction of sp³-hybridized carbons (Fsp3) is 0.929. The number of halogens is 7. The second-order valence-corrected chi connectivity index (χ2v) is 6.57. The van der Waals surface area contributed by atoms with E-state index in [1.807, 2.05) is 6.92 Å². The van der Waals surface area contributed by atoms with Crippen molar-refractivity contribution in [1.82, 2.24) is 0 Å². The molecule has 0 fully saturated rings. The predicted octanol–water partition coefficient (Wildman–Crippen LogP) is 5.45. The highest BCUT2D eigenvalue weighted by Gasteiger charge is 2.72. The van der Waals surface area contributed by atoms with Gasteiger partial charge in [-0.2, -0.15) is 30.7 Å². The highest BCUT2D eigenvalue weighted by atomic mass is 32.2. The summed E-state index contributed by atoms with van der Waals surface area (Å²) in [6, 6.07) is 0. The zero-order chi connectivity index (χ0) is 19.0. The molecule has 0 N–H and O–H groups in total. The van der Waals surface area contributed by atoms with Crippen LogP contribution < -0.4 is 0 Å². The van der Waals surface area contributed by atoms with Crippen molar-refractivity contribution in [3.63, 3.8) is 0 Å². The van der Waals surface area contributed by atoms with E-state index in [1.165, 1.54) is 7.11 Å². The Morgan fingerprint density at radius 2 is 1.62 bits per heavy atom. The summed E-state index contributed by atoms with van der Waals surface area (Å²) in [7, 11) is 1.21. The summed E-state index contributed by atoms with van der Waals surface area (Å²) in [5.41, 5.74) is 0. The van der Waals surface area contributed by atoms with Crippen molar-refractivity contribution >= 4 is 17.7 Å². The highest BCUT2D eigenvalue weighted by Crippen LogP contribution is 2.48. The normalized spacial score (nSPS) is 14.5. The van der Waals surface area contributed by atoms with Crippen molar-refractivity contribution in [3.8, 4) is 0 Å². The van der Waals surface area contributed by atoms with Crippen LogP contribution in [0.15, 0.2) is 0 Å². The maximum atomic E-state index is 13.1. The van der Waals surface area contributed by atoms with Gasteiger partial charge in [-0.25, -0.2) is 0 Å². The lowest BCUT2D eigenvalue weighted by Gasteiger charge is -2.28. The Balaban J connectivity index is 4.34. The van der Waals surface area contributed by atoms with E-state index in [9.17, 15) is 35.5 Å². The topological polar surface area (TPSA) is 26.3 Å². The van der Waals surface area contributed by atoms with Crippen molar-refractivity contribution in [2.75, 3.05) is 12.9 Å². The molecule has 24 heavy (non-hydrogen) atoms. The van der Waals surface area contributed by atoms with Gasteiger partial charge in [0.15, 0.2) is 0 Å². The van der Waals surface area contributed by atoms with E-state index >= 15 is 0 Å². The Morgan fingerprint density at radius 3 is 2.08 bits per heavy atom. The summed E-state index contributed by atoms with van der Waals surface area (Å²) in [5, 5.41) is -0.493. The van der Waals surface area contributed by atoms with Crippen molar-refractivity contribution in [2.45, 2.75) is 68.7 Å². The monoisotopic (exact) mass is 386 g/mol. The number of thioether (sulfide) groups is 1. The number of carbonyl (C=O) groups is 1. The molecule has 0 aromatic carbocycles. The summed E-state index contributed by atoms with van der Waals surface area (Å²) >= 11 is 1.13. The van der Waals surface area contributed by atoms with Crippen LogP contribution in [0.2, 0.25) is 0 Å². The van der Waals surface area contributed by atoms with Crippen LogP contribution in [-0.4, -0.2) is 42.1 Å². The maximum Gasteiger partial charge on any atom is 0.459 e. The molecule has 10 heteroatoms. The van der Waals surface area contributed by atoms with Gasteiger partial charge in [0.25, 0.3) is 0 Å². The van der Waals surface area contributed by atoms with Crippen LogP contribution in [0.5, 0.6) is 0 Å². The number of methoxy groups -OCH3 is 1. The standard InChI is InChI=1S/C14H21F7O2S/c1-3-4-7-10(11(22)23-2)24-9-6-5-8-12(15,16)13(17,18)14(19,20)21/h10H,3-9H2,1-2H3. The Bertz CT molecular complexity index is 386. The van der Waals surface area contributed by atoms with Gasteiger partial charge in [0, 0.05) is 6.42 Å². The Kier molecular flexibility index (Phi) is 9.45. The van der Waals surface area contributed by atoms with Gasteiger partial charge in [0.05, 0.1) is 7.11 Å². The van der Waals surface area contributed by atoms with Gasteiger partial charge in [0.1, 0.15) is 5.25 Å². The largest absolute Gasteiger partial charge is 0.468 e. The predicted molar refractivity (Wildman–Crippen MR) is 77.6 cm³/mol. The van der Waals surface area contributed by atoms with Crippen LogP contribution in [0.25, 0.3) is 0 Å². The smallest absolute Gasteiger partial charge is 0.459 e. The molecular formula is C14H21F7O2S. The minimum absolute atomic E-state index is 0.00614. The first-order valence-corrected chi connectivity index (χ1v) is 8.47. The molecule has 0 aromatic heterocycles. The van der Waals surface area contributed by atoms with Crippen LogP contribution in [0.3, 0.4) is 0 Å². The molecule has 2 nitrogen and oxygen atoms in total. The van der Waals surface area contributed by atoms with Gasteiger partial charge in [-0.15, -0.1) is 11.8 Å². The molecule has 0 aliphatic heterocycles. The van der Waals surface area contributed by atoms with E-state index < -0.39 is 42.1 Å². The van der Waals surface area contributed by atoms with Crippen LogP contribution >= 0.6 is 11.8 Å². The van der Waals surface area contributed by atoms with E-state index in [2.05, 4.69) is 4.74 Å². The summed E-state index contributed by atoms with van der Waals surface area (Å²) < 4.78 is 92.1. The van der Waals surface area contributed by atoms with Gasteiger partial charge in [-0.05, 0) is 25.0 Å². The maximum absolute atomic E-state index is 13.1. The van der Waals surface area contributed by atoms with E-state index in [4.69, 9.17) is 0 Å². The van der Waals surface area contributed by atoms with Gasteiger partial charge in [0.2, 0.25) is 0 Å².